The molecule has 1 fully saturated rings. The maximum atomic E-state index is 14.2. The zero-order valence-electron chi connectivity index (χ0n) is 13.7. The number of carbonyl (C=O) groups excluding carboxylic acids is 2. The summed E-state index contributed by atoms with van der Waals surface area (Å²) in [6.45, 7) is -0.363. The maximum Gasteiger partial charge on any atom is 0.338 e. The molecule has 7 heteroatoms. The summed E-state index contributed by atoms with van der Waals surface area (Å²) in [6.07, 6.45) is -6.20. The number of rotatable bonds is 5. The highest BCUT2D eigenvalue weighted by Gasteiger charge is 2.47. The maximum absolute atomic E-state index is 14.2. The van der Waals surface area contributed by atoms with Crippen LogP contribution in [-0.4, -0.2) is 48.3 Å². The average molecular weight is 360 g/mol. The lowest BCUT2D eigenvalue weighted by Crippen LogP contribution is -2.37. The van der Waals surface area contributed by atoms with Crippen molar-refractivity contribution in [3.63, 3.8) is 0 Å². The molecule has 0 radical (unpaired) electrons. The normalized spacial score (nSPS) is 24.8. The molecule has 0 spiro atoms. The van der Waals surface area contributed by atoms with Gasteiger partial charge in [-0.25, -0.2) is 14.0 Å². The van der Waals surface area contributed by atoms with Gasteiger partial charge in [-0.1, -0.05) is 36.4 Å². The van der Waals surface area contributed by atoms with Gasteiger partial charge in [0.05, 0.1) is 11.1 Å². The van der Waals surface area contributed by atoms with E-state index in [1.807, 2.05) is 0 Å². The van der Waals surface area contributed by atoms with E-state index in [1.54, 1.807) is 48.5 Å². The van der Waals surface area contributed by atoms with E-state index in [2.05, 4.69) is 0 Å². The van der Waals surface area contributed by atoms with E-state index in [0.29, 0.717) is 5.56 Å². The van der Waals surface area contributed by atoms with Crippen molar-refractivity contribution >= 4 is 11.9 Å². The number of halogens is 1. The third kappa shape index (κ3) is 4.07. The lowest BCUT2D eigenvalue weighted by Gasteiger charge is -2.19. The first-order chi connectivity index (χ1) is 12.6. The van der Waals surface area contributed by atoms with Crippen LogP contribution < -0.4 is 0 Å². The van der Waals surface area contributed by atoms with Crippen molar-refractivity contribution in [2.75, 3.05) is 6.61 Å². The zero-order chi connectivity index (χ0) is 18.5. The van der Waals surface area contributed by atoms with Crippen LogP contribution in [0.1, 0.15) is 20.7 Å². The van der Waals surface area contributed by atoms with Gasteiger partial charge in [0.25, 0.3) is 0 Å². The minimum Gasteiger partial charge on any atom is -0.459 e. The monoisotopic (exact) mass is 360 g/mol. The quantitative estimate of drug-likeness (QED) is 0.823. The summed E-state index contributed by atoms with van der Waals surface area (Å²) in [5, 5.41) is 9.58. The Kier molecular flexibility index (Phi) is 5.60. The van der Waals surface area contributed by atoms with Crippen molar-refractivity contribution in [3.8, 4) is 0 Å². The second-order valence-electron chi connectivity index (χ2n) is 5.71. The molecule has 2 aromatic rings. The minimum atomic E-state index is -1.94. The predicted molar refractivity (Wildman–Crippen MR) is 88.1 cm³/mol. The molecule has 3 rings (SSSR count). The standard InChI is InChI=1S/C19H17FO6/c20-15-16(26-18(22)13-9-5-2-6-10-13)14(25-19(15)23)11-24-17(21)12-7-3-1-4-8-12/h1-10,14-16,19,23H,11H2/t14-,15+,16-,19+/m0/s1. The molecular weight excluding hydrogens is 343 g/mol. The first kappa shape index (κ1) is 18.0. The second-order valence-corrected chi connectivity index (χ2v) is 5.71. The Morgan fingerprint density at radius 1 is 0.962 bits per heavy atom. The molecule has 26 heavy (non-hydrogen) atoms. The molecule has 1 aliphatic rings. The minimum absolute atomic E-state index is 0.237. The lowest BCUT2D eigenvalue weighted by atomic mass is 10.1. The number of hydrogen-bond acceptors (Lipinski definition) is 6. The van der Waals surface area contributed by atoms with Gasteiger partial charge in [-0.3, -0.25) is 0 Å². The number of esters is 2. The van der Waals surface area contributed by atoms with E-state index in [-0.39, 0.29) is 12.2 Å². The highest BCUT2D eigenvalue weighted by atomic mass is 19.1. The van der Waals surface area contributed by atoms with Gasteiger partial charge in [0.15, 0.2) is 18.6 Å². The molecule has 0 amide bonds. The molecule has 0 unspecified atom stereocenters. The van der Waals surface area contributed by atoms with E-state index in [9.17, 15) is 19.1 Å². The number of hydrogen-bond donors (Lipinski definition) is 1. The third-order valence-corrected chi connectivity index (χ3v) is 3.91. The topological polar surface area (TPSA) is 82.1 Å². The Labute approximate surface area is 149 Å². The van der Waals surface area contributed by atoms with Gasteiger partial charge in [0.1, 0.15) is 12.7 Å². The fourth-order valence-electron chi connectivity index (χ4n) is 2.56. The second kappa shape index (κ2) is 8.07. The molecule has 1 aliphatic heterocycles. The number of carbonyl (C=O) groups is 2. The van der Waals surface area contributed by atoms with Crippen LogP contribution in [0.25, 0.3) is 0 Å². The summed E-state index contributed by atoms with van der Waals surface area (Å²) in [4.78, 5) is 24.1. The van der Waals surface area contributed by atoms with Gasteiger partial charge >= 0.3 is 11.9 Å². The molecule has 1 heterocycles. The molecule has 0 bridgehead atoms. The Morgan fingerprint density at radius 2 is 1.50 bits per heavy atom. The molecule has 1 N–H and O–H groups in total. The predicted octanol–water partition coefficient (Wildman–Crippen LogP) is 2.12. The Bertz CT molecular complexity index is 751. The Morgan fingerprint density at radius 3 is 2.08 bits per heavy atom. The molecule has 0 saturated carbocycles. The fraction of sp³-hybridized carbons (Fsp3) is 0.263. The van der Waals surface area contributed by atoms with E-state index >= 15 is 0 Å². The van der Waals surface area contributed by atoms with E-state index in [1.165, 1.54) is 12.1 Å². The fourth-order valence-corrected chi connectivity index (χ4v) is 2.56. The Balaban J connectivity index is 1.63. The average Bonchev–Trinajstić information content (AvgIpc) is 2.95. The molecule has 136 valence electrons. The van der Waals surface area contributed by atoms with Crippen molar-refractivity contribution in [2.24, 2.45) is 0 Å². The number of alkyl halides is 1. The van der Waals surface area contributed by atoms with Crippen LogP contribution >= 0.6 is 0 Å². The summed E-state index contributed by atoms with van der Waals surface area (Å²) in [5.74, 6) is -1.38. The zero-order valence-corrected chi connectivity index (χ0v) is 13.7. The molecule has 0 aliphatic carbocycles. The van der Waals surface area contributed by atoms with Gasteiger partial charge in [0.2, 0.25) is 0 Å². The number of benzene rings is 2. The van der Waals surface area contributed by atoms with Gasteiger partial charge < -0.3 is 19.3 Å². The van der Waals surface area contributed by atoms with Gasteiger partial charge in [0, 0.05) is 0 Å². The van der Waals surface area contributed by atoms with Crippen molar-refractivity contribution in [2.45, 2.75) is 24.7 Å². The molecule has 6 nitrogen and oxygen atoms in total. The number of ether oxygens (including phenoxy) is 3. The number of aliphatic hydroxyl groups excluding tert-OH is 1. The van der Waals surface area contributed by atoms with Crippen molar-refractivity contribution in [1.82, 2.24) is 0 Å². The van der Waals surface area contributed by atoms with Crippen molar-refractivity contribution < 1.29 is 33.3 Å². The molecule has 0 aromatic heterocycles. The summed E-state index contributed by atoms with van der Waals surface area (Å²) >= 11 is 0. The number of aliphatic hydroxyl groups is 1. The molecule has 1 saturated heterocycles. The smallest absolute Gasteiger partial charge is 0.338 e. The summed E-state index contributed by atoms with van der Waals surface area (Å²) in [7, 11) is 0. The molecule has 2 aromatic carbocycles. The van der Waals surface area contributed by atoms with Crippen LogP contribution in [0.5, 0.6) is 0 Å². The van der Waals surface area contributed by atoms with Crippen molar-refractivity contribution in [3.05, 3.63) is 71.8 Å². The summed E-state index contributed by atoms with van der Waals surface area (Å²) in [5.41, 5.74) is 0.557. The molecule has 4 atom stereocenters. The summed E-state index contributed by atoms with van der Waals surface area (Å²) in [6, 6.07) is 16.3. The third-order valence-electron chi connectivity index (χ3n) is 3.91. The molecular formula is C19H17FO6. The Hall–Kier alpha value is -2.77. The van der Waals surface area contributed by atoms with Crippen LogP contribution in [0.2, 0.25) is 0 Å². The van der Waals surface area contributed by atoms with Crippen LogP contribution in [0, 0.1) is 0 Å². The van der Waals surface area contributed by atoms with Gasteiger partial charge in [-0.05, 0) is 24.3 Å². The van der Waals surface area contributed by atoms with Gasteiger partial charge in [-0.2, -0.15) is 0 Å². The van der Waals surface area contributed by atoms with E-state index in [0.717, 1.165) is 0 Å². The van der Waals surface area contributed by atoms with Crippen LogP contribution in [-0.2, 0) is 14.2 Å². The highest BCUT2D eigenvalue weighted by molar-refractivity contribution is 5.90. The van der Waals surface area contributed by atoms with Crippen LogP contribution in [0.3, 0.4) is 0 Å². The first-order valence-electron chi connectivity index (χ1n) is 8.02. The summed E-state index contributed by atoms with van der Waals surface area (Å²) < 4.78 is 29.4. The van der Waals surface area contributed by atoms with Crippen molar-refractivity contribution in [1.29, 1.82) is 0 Å². The lowest BCUT2D eigenvalue weighted by molar-refractivity contribution is -0.122. The van der Waals surface area contributed by atoms with Gasteiger partial charge in [-0.15, -0.1) is 0 Å². The van der Waals surface area contributed by atoms with Crippen LogP contribution in [0.15, 0.2) is 60.7 Å². The van der Waals surface area contributed by atoms with Crippen LogP contribution in [0.4, 0.5) is 4.39 Å². The van der Waals surface area contributed by atoms with E-state index in [4.69, 9.17) is 14.2 Å². The SMILES string of the molecule is O=C(OC[C@@H]1O[C@@H](O)[C@H](F)[C@H]1OC(=O)c1ccccc1)c1ccccc1. The first-order valence-corrected chi connectivity index (χ1v) is 8.02. The largest absolute Gasteiger partial charge is 0.459 e. The highest BCUT2D eigenvalue weighted by Crippen LogP contribution is 2.26. The van der Waals surface area contributed by atoms with E-state index < -0.39 is 36.6 Å².